The number of nitrogens with one attached hydrogen (secondary N) is 1. The van der Waals surface area contributed by atoms with Gasteiger partial charge in [-0.25, -0.2) is 4.68 Å². The van der Waals surface area contributed by atoms with Crippen LogP contribution in [0, 0.1) is 0 Å². The molecule has 0 unspecified atom stereocenters. The molecule has 0 fully saturated rings. The van der Waals surface area contributed by atoms with Gasteiger partial charge in [0.15, 0.2) is 6.73 Å². The minimum absolute atomic E-state index is 0.0987. The van der Waals surface area contributed by atoms with E-state index in [1.807, 2.05) is 11.6 Å². The number of aromatic nitrogens is 4. The highest BCUT2D eigenvalue weighted by atomic mass is 79.9. The molecule has 142 valence electrons. The van der Waals surface area contributed by atoms with Crippen molar-refractivity contribution in [1.82, 2.24) is 24.9 Å². The van der Waals surface area contributed by atoms with Crippen LogP contribution in [0.2, 0.25) is 10.0 Å². The molecule has 0 radical (unpaired) electrons. The topological polar surface area (TPSA) is 74.0 Å². The number of ether oxygens (including phenoxy) is 1. The fourth-order valence-corrected chi connectivity index (χ4v) is 3.16. The molecule has 0 saturated heterocycles. The van der Waals surface area contributed by atoms with E-state index in [-0.39, 0.29) is 18.3 Å². The number of carbonyl (C=O) groups excluding carboxylic acids is 1. The first-order valence-corrected chi connectivity index (χ1v) is 9.63. The van der Waals surface area contributed by atoms with Crippen LogP contribution in [0.1, 0.15) is 23.1 Å². The molecular formula is C17H16BrCl2N5O2. The molecule has 3 aromatic rings. The summed E-state index contributed by atoms with van der Waals surface area (Å²) in [5, 5.41) is 12.0. The number of aryl methyl sites for hydroxylation is 1. The van der Waals surface area contributed by atoms with Crippen LogP contribution in [-0.4, -0.2) is 25.5 Å². The summed E-state index contributed by atoms with van der Waals surface area (Å²) in [7, 11) is 0. The second-order valence-electron chi connectivity index (χ2n) is 5.50. The van der Waals surface area contributed by atoms with E-state index in [9.17, 15) is 4.79 Å². The molecule has 0 spiro atoms. The Kier molecular flexibility index (Phi) is 6.41. The Morgan fingerprint density at radius 3 is 2.93 bits per heavy atom. The van der Waals surface area contributed by atoms with Crippen LogP contribution in [-0.2, 0) is 19.8 Å². The van der Waals surface area contributed by atoms with Gasteiger partial charge in [0, 0.05) is 12.7 Å². The third kappa shape index (κ3) is 4.63. The van der Waals surface area contributed by atoms with E-state index >= 15 is 0 Å². The zero-order valence-electron chi connectivity index (χ0n) is 14.3. The highest BCUT2D eigenvalue weighted by Gasteiger charge is 2.13. The average molecular weight is 473 g/mol. The largest absolute Gasteiger partial charge is 0.470 e. The molecule has 2 heterocycles. The van der Waals surface area contributed by atoms with Gasteiger partial charge in [-0.2, -0.15) is 10.2 Å². The lowest BCUT2D eigenvalue weighted by atomic mass is 10.3. The third-order valence-corrected chi connectivity index (χ3v) is 5.22. The number of hydrogen-bond acceptors (Lipinski definition) is 4. The molecule has 7 nitrogen and oxygen atoms in total. The van der Waals surface area contributed by atoms with Crippen molar-refractivity contribution >= 4 is 45.0 Å². The fraction of sp³-hybridized carbons (Fsp3) is 0.235. The van der Waals surface area contributed by atoms with E-state index in [1.54, 1.807) is 36.7 Å². The normalized spacial score (nSPS) is 10.8. The Labute approximate surface area is 174 Å². The molecule has 1 amide bonds. The molecule has 0 bridgehead atoms. The minimum Gasteiger partial charge on any atom is -0.470 e. The minimum atomic E-state index is -0.287. The van der Waals surface area contributed by atoms with Gasteiger partial charge in [-0.05, 0) is 41.1 Å². The summed E-state index contributed by atoms with van der Waals surface area (Å²) in [5.74, 6) is 0.161. The summed E-state index contributed by atoms with van der Waals surface area (Å²) in [6.07, 6.45) is 3.36. The van der Waals surface area contributed by atoms with Crippen molar-refractivity contribution < 1.29 is 9.53 Å². The SMILES string of the molecule is CCn1ncc(Br)c1CNC(=O)c1ccn(COc2cccc(Cl)c2Cl)n1. The van der Waals surface area contributed by atoms with Crippen LogP contribution < -0.4 is 10.1 Å². The average Bonchev–Trinajstić information content (AvgIpc) is 3.27. The van der Waals surface area contributed by atoms with E-state index in [2.05, 4.69) is 31.4 Å². The number of nitrogens with zero attached hydrogens (tertiary/aromatic N) is 4. The Morgan fingerprint density at radius 2 is 2.15 bits per heavy atom. The highest BCUT2D eigenvalue weighted by Crippen LogP contribution is 2.31. The molecule has 0 atom stereocenters. The first-order valence-electron chi connectivity index (χ1n) is 8.08. The molecule has 0 aliphatic rings. The Hall–Kier alpha value is -2.03. The van der Waals surface area contributed by atoms with E-state index in [1.165, 1.54) is 4.68 Å². The van der Waals surface area contributed by atoms with Gasteiger partial charge in [0.1, 0.15) is 16.5 Å². The molecule has 1 aromatic carbocycles. The first kappa shape index (κ1) is 19.7. The van der Waals surface area contributed by atoms with Crippen LogP contribution in [0.4, 0.5) is 0 Å². The van der Waals surface area contributed by atoms with Gasteiger partial charge in [0.05, 0.1) is 27.9 Å². The Morgan fingerprint density at radius 1 is 1.33 bits per heavy atom. The second-order valence-corrected chi connectivity index (χ2v) is 7.14. The highest BCUT2D eigenvalue weighted by molar-refractivity contribution is 9.10. The van der Waals surface area contributed by atoms with Gasteiger partial charge in [-0.15, -0.1) is 0 Å². The van der Waals surface area contributed by atoms with Gasteiger partial charge >= 0.3 is 0 Å². The lowest BCUT2D eigenvalue weighted by Gasteiger charge is -2.09. The van der Waals surface area contributed by atoms with Gasteiger partial charge in [-0.1, -0.05) is 29.3 Å². The number of rotatable bonds is 7. The van der Waals surface area contributed by atoms with E-state index in [4.69, 9.17) is 27.9 Å². The van der Waals surface area contributed by atoms with Gasteiger partial charge in [-0.3, -0.25) is 9.48 Å². The lowest BCUT2D eigenvalue weighted by molar-refractivity contribution is 0.0942. The quantitative estimate of drug-likeness (QED) is 0.560. The molecule has 10 heteroatoms. The van der Waals surface area contributed by atoms with Gasteiger partial charge in [0.2, 0.25) is 0 Å². The molecule has 2 aromatic heterocycles. The molecule has 27 heavy (non-hydrogen) atoms. The van der Waals surface area contributed by atoms with Crippen molar-refractivity contribution in [2.24, 2.45) is 0 Å². The van der Waals surface area contributed by atoms with Crippen molar-refractivity contribution in [1.29, 1.82) is 0 Å². The monoisotopic (exact) mass is 471 g/mol. The number of hydrogen-bond donors (Lipinski definition) is 1. The predicted molar refractivity (Wildman–Crippen MR) is 106 cm³/mol. The van der Waals surface area contributed by atoms with E-state index < -0.39 is 0 Å². The number of carbonyl (C=O) groups is 1. The molecular weight excluding hydrogens is 457 g/mol. The van der Waals surface area contributed by atoms with Crippen molar-refractivity contribution in [2.45, 2.75) is 26.7 Å². The van der Waals surface area contributed by atoms with Crippen molar-refractivity contribution in [2.75, 3.05) is 0 Å². The zero-order chi connectivity index (χ0) is 19.4. The number of halogens is 3. The molecule has 3 rings (SSSR count). The first-order chi connectivity index (χ1) is 13.0. The zero-order valence-corrected chi connectivity index (χ0v) is 17.4. The van der Waals surface area contributed by atoms with Crippen molar-refractivity contribution in [3.8, 4) is 5.75 Å². The van der Waals surface area contributed by atoms with Crippen LogP contribution in [0.3, 0.4) is 0 Å². The summed E-state index contributed by atoms with van der Waals surface area (Å²) in [6.45, 7) is 3.14. The molecule has 0 saturated carbocycles. The van der Waals surface area contributed by atoms with Crippen molar-refractivity contribution in [3.05, 3.63) is 62.6 Å². The summed E-state index contributed by atoms with van der Waals surface area (Å²) in [6, 6.07) is 6.74. The lowest BCUT2D eigenvalue weighted by Crippen LogP contribution is -2.25. The van der Waals surface area contributed by atoms with Crippen molar-refractivity contribution in [3.63, 3.8) is 0 Å². The summed E-state index contributed by atoms with van der Waals surface area (Å²) < 4.78 is 9.75. The Bertz CT molecular complexity index is 957. The van der Waals surface area contributed by atoms with Crippen LogP contribution in [0.5, 0.6) is 5.75 Å². The maximum atomic E-state index is 12.3. The van der Waals surface area contributed by atoms with E-state index in [0.717, 1.165) is 16.7 Å². The van der Waals surface area contributed by atoms with Crippen LogP contribution in [0.15, 0.2) is 41.1 Å². The molecule has 1 N–H and O–H groups in total. The molecule has 0 aliphatic carbocycles. The van der Waals surface area contributed by atoms with Crippen LogP contribution in [0.25, 0.3) is 0 Å². The molecule has 0 aliphatic heterocycles. The third-order valence-electron chi connectivity index (χ3n) is 3.76. The Balaban J connectivity index is 1.59. The second kappa shape index (κ2) is 8.77. The number of benzene rings is 1. The summed E-state index contributed by atoms with van der Waals surface area (Å²) in [5.41, 5.74) is 1.18. The van der Waals surface area contributed by atoms with E-state index in [0.29, 0.717) is 22.3 Å². The predicted octanol–water partition coefficient (Wildman–Crippen LogP) is 4.14. The standard InChI is InChI=1S/C17H16BrCl2N5O2/c1-2-25-14(11(18)8-22-25)9-21-17(26)13-6-7-24(23-13)10-27-15-5-3-4-12(19)16(15)20/h3-8H,2,9-10H2,1H3,(H,21,26). The smallest absolute Gasteiger partial charge is 0.272 e. The maximum absolute atomic E-state index is 12.3. The number of amides is 1. The fourth-order valence-electron chi connectivity index (χ4n) is 2.38. The van der Waals surface area contributed by atoms with Gasteiger partial charge < -0.3 is 10.1 Å². The summed E-state index contributed by atoms with van der Waals surface area (Å²) >= 11 is 15.5. The van der Waals surface area contributed by atoms with Gasteiger partial charge in [0.25, 0.3) is 5.91 Å². The summed E-state index contributed by atoms with van der Waals surface area (Å²) in [4.78, 5) is 12.3. The maximum Gasteiger partial charge on any atom is 0.272 e. The van der Waals surface area contributed by atoms with Crippen LogP contribution >= 0.6 is 39.1 Å².